The number of carbonyl (C=O) groups excluding carboxylic acids is 1. The van der Waals surface area contributed by atoms with Gasteiger partial charge in [0.15, 0.2) is 0 Å². The summed E-state index contributed by atoms with van der Waals surface area (Å²) >= 11 is 0. The maximum Gasteiger partial charge on any atom is 0.227 e. The van der Waals surface area contributed by atoms with E-state index in [1.165, 1.54) is 0 Å². The molecule has 0 saturated carbocycles. The first-order chi connectivity index (χ1) is 9.76. The van der Waals surface area contributed by atoms with Crippen molar-refractivity contribution in [3.05, 3.63) is 18.2 Å². The lowest BCUT2D eigenvalue weighted by Crippen LogP contribution is -2.29. The Kier molecular flexibility index (Phi) is 6.03. The number of hydrogen-bond donors (Lipinski definition) is 4. The summed E-state index contributed by atoms with van der Waals surface area (Å²) in [5.41, 5.74) is 7.15. The normalized spacial score (nSPS) is 11.5. The minimum Gasteiger partial charge on any atom is -0.397 e. The molecule has 0 heterocycles. The summed E-state index contributed by atoms with van der Waals surface area (Å²) in [6, 6.07) is 5.35. The number of carbonyl (C=O) groups is 1. The van der Waals surface area contributed by atoms with Gasteiger partial charge in [-0.3, -0.25) is 4.79 Å². The lowest BCUT2D eigenvalue weighted by atomic mass is 10.0. The highest BCUT2D eigenvalue weighted by Crippen LogP contribution is 2.24. The van der Waals surface area contributed by atoms with Crippen LogP contribution in [0.5, 0.6) is 0 Å². The second-order valence-corrected chi connectivity index (χ2v) is 5.97. The van der Waals surface area contributed by atoms with Gasteiger partial charge in [-0.2, -0.15) is 0 Å². The molecule has 0 fully saturated rings. The fourth-order valence-corrected chi connectivity index (χ4v) is 2.02. The highest BCUT2D eigenvalue weighted by molar-refractivity contribution is 5.93. The first-order valence-corrected chi connectivity index (χ1v) is 7.43. The molecule has 0 aliphatic carbocycles. The van der Waals surface area contributed by atoms with Crippen LogP contribution in [0.15, 0.2) is 18.2 Å². The number of nitrogens with two attached hydrogens (primary N) is 1. The molecule has 0 spiro atoms. The smallest absolute Gasteiger partial charge is 0.227 e. The van der Waals surface area contributed by atoms with Crippen molar-refractivity contribution < 1.29 is 9.90 Å². The van der Waals surface area contributed by atoms with Gasteiger partial charge >= 0.3 is 0 Å². The van der Waals surface area contributed by atoms with Crippen LogP contribution in [0.1, 0.15) is 40.5 Å². The molecule has 0 aromatic heterocycles. The molecule has 0 bridgehead atoms. The minimum atomic E-state index is -0.811. The second-order valence-electron chi connectivity index (χ2n) is 5.97. The monoisotopic (exact) mass is 293 g/mol. The average Bonchev–Trinajstić information content (AvgIpc) is 2.38. The van der Waals surface area contributed by atoms with E-state index in [1.54, 1.807) is 19.9 Å². The summed E-state index contributed by atoms with van der Waals surface area (Å²) < 4.78 is 0. The fraction of sp³-hybridized carbons (Fsp3) is 0.562. The summed E-state index contributed by atoms with van der Waals surface area (Å²) in [6.07, 6.45) is 1.64. The minimum absolute atomic E-state index is 0.0246. The van der Waals surface area contributed by atoms with E-state index in [0.717, 1.165) is 18.5 Å². The molecule has 5 heteroatoms. The number of anilines is 3. The van der Waals surface area contributed by atoms with Gasteiger partial charge in [-0.05, 0) is 44.9 Å². The molecule has 1 aromatic rings. The van der Waals surface area contributed by atoms with Crippen LogP contribution in [0.25, 0.3) is 0 Å². The predicted molar refractivity (Wildman–Crippen MR) is 88.3 cm³/mol. The quantitative estimate of drug-likeness (QED) is 0.582. The van der Waals surface area contributed by atoms with Crippen molar-refractivity contribution in [1.29, 1.82) is 0 Å². The molecule has 5 N–H and O–H groups in total. The Morgan fingerprint density at radius 1 is 1.33 bits per heavy atom. The number of amides is 1. The van der Waals surface area contributed by atoms with Crippen LogP contribution in [0.3, 0.4) is 0 Å². The molecular formula is C16H27N3O2. The zero-order chi connectivity index (χ0) is 16.0. The molecule has 1 rings (SSSR count). The molecule has 21 heavy (non-hydrogen) atoms. The zero-order valence-electron chi connectivity index (χ0n) is 13.4. The van der Waals surface area contributed by atoms with Gasteiger partial charge in [0.2, 0.25) is 5.91 Å². The highest BCUT2D eigenvalue weighted by Gasteiger charge is 2.15. The van der Waals surface area contributed by atoms with E-state index in [0.29, 0.717) is 17.9 Å². The van der Waals surface area contributed by atoms with E-state index < -0.39 is 5.60 Å². The molecule has 0 aliphatic heterocycles. The van der Waals surface area contributed by atoms with Gasteiger partial charge in [0.05, 0.1) is 17.0 Å². The Morgan fingerprint density at radius 3 is 2.43 bits per heavy atom. The second kappa shape index (κ2) is 7.31. The van der Waals surface area contributed by atoms with Gasteiger partial charge in [0, 0.05) is 18.2 Å². The molecule has 0 saturated heterocycles. The third-order valence-electron chi connectivity index (χ3n) is 3.39. The predicted octanol–water partition coefficient (Wildman–Crippen LogP) is 2.83. The molecular weight excluding hydrogens is 266 g/mol. The molecule has 0 aliphatic rings. The number of hydrogen-bond acceptors (Lipinski definition) is 4. The van der Waals surface area contributed by atoms with Crippen molar-refractivity contribution in [1.82, 2.24) is 0 Å². The molecule has 118 valence electrons. The standard InChI is InChI=1S/C16H27N3O2/c1-5-11(6-2)15(20)19-12-7-8-14(13(17)9-12)18-10-16(3,4)21/h7-9,11,18,21H,5-6,10,17H2,1-4H3,(H,19,20). The van der Waals surface area contributed by atoms with Crippen molar-refractivity contribution in [3.8, 4) is 0 Å². The van der Waals surface area contributed by atoms with Crippen molar-refractivity contribution >= 4 is 23.0 Å². The summed E-state index contributed by atoms with van der Waals surface area (Å²) in [4.78, 5) is 12.0. The number of rotatable bonds is 7. The van der Waals surface area contributed by atoms with Crippen molar-refractivity contribution in [2.45, 2.75) is 46.1 Å². The van der Waals surface area contributed by atoms with E-state index in [4.69, 9.17) is 5.73 Å². The van der Waals surface area contributed by atoms with Crippen LogP contribution in [0, 0.1) is 5.92 Å². The molecule has 0 unspecified atom stereocenters. The number of benzene rings is 1. The third kappa shape index (κ3) is 5.63. The highest BCUT2D eigenvalue weighted by atomic mass is 16.3. The van der Waals surface area contributed by atoms with Gasteiger partial charge in [0.25, 0.3) is 0 Å². The number of nitrogens with one attached hydrogen (secondary N) is 2. The van der Waals surface area contributed by atoms with Gasteiger partial charge in [-0.25, -0.2) is 0 Å². The average molecular weight is 293 g/mol. The van der Waals surface area contributed by atoms with Crippen LogP contribution < -0.4 is 16.4 Å². The lowest BCUT2D eigenvalue weighted by Gasteiger charge is -2.20. The van der Waals surface area contributed by atoms with Crippen LogP contribution >= 0.6 is 0 Å². The molecule has 5 nitrogen and oxygen atoms in total. The van der Waals surface area contributed by atoms with E-state index in [1.807, 2.05) is 26.0 Å². The Hall–Kier alpha value is -1.75. The van der Waals surface area contributed by atoms with E-state index in [9.17, 15) is 9.90 Å². The molecule has 1 aromatic carbocycles. The molecule has 0 radical (unpaired) electrons. The summed E-state index contributed by atoms with van der Waals surface area (Å²) in [5.74, 6) is 0.0517. The van der Waals surface area contributed by atoms with Crippen molar-refractivity contribution in [3.63, 3.8) is 0 Å². The first kappa shape index (κ1) is 17.3. The van der Waals surface area contributed by atoms with Gasteiger partial charge in [-0.1, -0.05) is 13.8 Å². The summed E-state index contributed by atoms with van der Waals surface area (Å²) in [5, 5.41) is 15.7. The van der Waals surface area contributed by atoms with Crippen LogP contribution in [-0.4, -0.2) is 23.2 Å². The summed E-state index contributed by atoms with van der Waals surface area (Å²) in [6.45, 7) is 7.86. The third-order valence-corrected chi connectivity index (χ3v) is 3.39. The van der Waals surface area contributed by atoms with Crippen LogP contribution in [0.4, 0.5) is 17.1 Å². The summed E-state index contributed by atoms with van der Waals surface area (Å²) in [7, 11) is 0. The number of nitrogen functional groups attached to an aromatic ring is 1. The zero-order valence-corrected chi connectivity index (χ0v) is 13.4. The van der Waals surface area contributed by atoms with Crippen molar-refractivity contribution in [2.75, 3.05) is 22.9 Å². The molecule has 0 atom stereocenters. The Labute approximate surface area is 126 Å². The first-order valence-electron chi connectivity index (χ1n) is 7.43. The van der Waals surface area contributed by atoms with Gasteiger partial charge < -0.3 is 21.5 Å². The SMILES string of the molecule is CCC(CC)C(=O)Nc1ccc(NCC(C)(C)O)c(N)c1. The van der Waals surface area contributed by atoms with E-state index >= 15 is 0 Å². The van der Waals surface area contributed by atoms with E-state index in [2.05, 4.69) is 10.6 Å². The topological polar surface area (TPSA) is 87.4 Å². The number of aliphatic hydroxyl groups is 1. The van der Waals surface area contributed by atoms with Crippen LogP contribution in [-0.2, 0) is 4.79 Å². The Morgan fingerprint density at radius 2 is 1.95 bits per heavy atom. The fourth-order valence-electron chi connectivity index (χ4n) is 2.02. The van der Waals surface area contributed by atoms with Crippen molar-refractivity contribution in [2.24, 2.45) is 5.92 Å². The molecule has 1 amide bonds. The van der Waals surface area contributed by atoms with Crippen LogP contribution in [0.2, 0.25) is 0 Å². The maximum absolute atomic E-state index is 12.0. The maximum atomic E-state index is 12.0. The largest absolute Gasteiger partial charge is 0.397 e. The van der Waals surface area contributed by atoms with E-state index in [-0.39, 0.29) is 11.8 Å². The Balaban J connectivity index is 2.72. The lowest BCUT2D eigenvalue weighted by molar-refractivity contribution is -0.120. The van der Waals surface area contributed by atoms with Gasteiger partial charge in [-0.15, -0.1) is 0 Å². The Bertz CT molecular complexity index is 477. The van der Waals surface area contributed by atoms with Gasteiger partial charge in [0.1, 0.15) is 0 Å².